The lowest BCUT2D eigenvalue weighted by atomic mass is 10.2. The number of halogens is 1. The number of amides is 2. The molecule has 2 amide bonds. The monoisotopic (exact) mass is 475 g/mol. The summed E-state index contributed by atoms with van der Waals surface area (Å²) in [6.45, 7) is 0.473. The van der Waals surface area contributed by atoms with E-state index in [1.54, 1.807) is 42.7 Å². The Labute approximate surface area is 170 Å². The number of carbonyl (C=O) groups is 2. The van der Waals surface area contributed by atoms with E-state index in [-0.39, 0.29) is 18.4 Å². The quantitative estimate of drug-likeness (QED) is 0.454. The molecule has 138 valence electrons. The second kappa shape index (κ2) is 9.22. The fraction of sp³-hybridized carbons (Fsp3) is 0.100. The predicted octanol–water partition coefficient (Wildman–Crippen LogP) is 3.86. The summed E-state index contributed by atoms with van der Waals surface area (Å²) >= 11 is 2.21. The third-order valence-corrected chi connectivity index (χ3v) is 4.45. The summed E-state index contributed by atoms with van der Waals surface area (Å²) in [6.07, 6.45) is 1.57. The van der Waals surface area contributed by atoms with Crippen LogP contribution in [0.4, 0.5) is 11.4 Å². The SMILES string of the molecule is O=C(CNc1ccc(C(=O)NCc2ccco2)cc1)Nc1ccc(I)cc1. The summed E-state index contributed by atoms with van der Waals surface area (Å²) < 4.78 is 6.29. The molecule has 3 N–H and O–H groups in total. The zero-order valence-electron chi connectivity index (χ0n) is 14.4. The number of hydrogen-bond donors (Lipinski definition) is 3. The first-order valence-electron chi connectivity index (χ1n) is 8.30. The molecule has 0 aliphatic carbocycles. The van der Waals surface area contributed by atoms with Gasteiger partial charge in [-0.05, 0) is 83.3 Å². The molecule has 7 heteroatoms. The molecule has 0 fully saturated rings. The molecule has 27 heavy (non-hydrogen) atoms. The third-order valence-electron chi connectivity index (χ3n) is 3.73. The molecule has 0 bridgehead atoms. The smallest absolute Gasteiger partial charge is 0.251 e. The molecular formula is C20H18IN3O3. The molecule has 2 aromatic carbocycles. The third kappa shape index (κ3) is 5.85. The van der Waals surface area contributed by atoms with Crippen LogP contribution in [0.1, 0.15) is 16.1 Å². The van der Waals surface area contributed by atoms with Crippen molar-refractivity contribution in [3.8, 4) is 0 Å². The van der Waals surface area contributed by atoms with Gasteiger partial charge in [-0.25, -0.2) is 0 Å². The molecule has 0 saturated carbocycles. The molecule has 1 heterocycles. The van der Waals surface area contributed by atoms with Gasteiger partial charge in [0.25, 0.3) is 5.91 Å². The molecular weight excluding hydrogens is 457 g/mol. The van der Waals surface area contributed by atoms with E-state index in [2.05, 4.69) is 38.5 Å². The maximum atomic E-state index is 12.1. The molecule has 3 aromatic rings. The average molecular weight is 475 g/mol. The van der Waals surface area contributed by atoms with Crippen LogP contribution in [-0.2, 0) is 11.3 Å². The van der Waals surface area contributed by atoms with Crippen LogP contribution in [0, 0.1) is 3.57 Å². The summed E-state index contributed by atoms with van der Waals surface area (Å²) in [6, 6.07) is 18.1. The molecule has 0 unspecified atom stereocenters. The zero-order chi connectivity index (χ0) is 19.1. The van der Waals surface area contributed by atoms with Crippen LogP contribution in [0.2, 0.25) is 0 Å². The maximum absolute atomic E-state index is 12.1. The van der Waals surface area contributed by atoms with E-state index < -0.39 is 0 Å². The minimum atomic E-state index is -0.186. The van der Waals surface area contributed by atoms with E-state index in [1.807, 2.05) is 24.3 Å². The Kier molecular flexibility index (Phi) is 6.48. The molecule has 0 spiro atoms. The van der Waals surface area contributed by atoms with Gasteiger partial charge < -0.3 is 20.4 Å². The van der Waals surface area contributed by atoms with Gasteiger partial charge in [0.1, 0.15) is 5.76 Å². The summed E-state index contributed by atoms with van der Waals surface area (Å²) in [5, 5.41) is 8.64. The average Bonchev–Trinajstić information content (AvgIpc) is 3.20. The van der Waals surface area contributed by atoms with Crippen molar-refractivity contribution in [2.75, 3.05) is 17.2 Å². The fourth-order valence-electron chi connectivity index (χ4n) is 2.34. The minimum Gasteiger partial charge on any atom is -0.467 e. The van der Waals surface area contributed by atoms with E-state index in [4.69, 9.17) is 4.42 Å². The van der Waals surface area contributed by atoms with Gasteiger partial charge in [0.05, 0.1) is 19.4 Å². The second-order valence-electron chi connectivity index (χ2n) is 5.75. The van der Waals surface area contributed by atoms with E-state index >= 15 is 0 Å². The molecule has 0 radical (unpaired) electrons. The van der Waals surface area contributed by atoms with Crippen molar-refractivity contribution >= 4 is 45.8 Å². The van der Waals surface area contributed by atoms with Gasteiger partial charge >= 0.3 is 0 Å². The van der Waals surface area contributed by atoms with Crippen LogP contribution in [0.25, 0.3) is 0 Å². The highest BCUT2D eigenvalue weighted by Gasteiger charge is 2.07. The molecule has 1 aromatic heterocycles. The lowest BCUT2D eigenvalue weighted by molar-refractivity contribution is -0.114. The number of carbonyl (C=O) groups excluding carboxylic acids is 2. The zero-order valence-corrected chi connectivity index (χ0v) is 16.5. The lowest BCUT2D eigenvalue weighted by Gasteiger charge is -2.09. The second-order valence-corrected chi connectivity index (χ2v) is 6.99. The molecule has 6 nitrogen and oxygen atoms in total. The summed E-state index contributed by atoms with van der Waals surface area (Å²) in [7, 11) is 0. The van der Waals surface area contributed by atoms with Crippen LogP contribution in [-0.4, -0.2) is 18.4 Å². The van der Waals surface area contributed by atoms with Crippen molar-refractivity contribution in [3.05, 3.63) is 81.8 Å². The lowest BCUT2D eigenvalue weighted by Crippen LogP contribution is -2.23. The van der Waals surface area contributed by atoms with Gasteiger partial charge in [0.15, 0.2) is 0 Å². The van der Waals surface area contributed by atoms with Crippen molar-refractivity contribution in [1.29, 1.82) is 0 Å². The summed E-state index contributed by atoms with van der Waals surface area (Å²) in [4.78, 5) is 24.1. The molecule has 3 rings (SSSR count). The molecule has 0 aliphatic heterocycles. The molecule has 0 atom stereocenters. The number of furan rings is 1. The first-order valence-corrected chi connectivity index (χ1v) is 9.38. The number of anilines is 2. The Bertz CT molecular complexity index is 891. The standard InChI is InChI=1S/C20H18IN3O3/c21-15-5-9-17(10-6-15)24-19(25)13-22-16-7-3-14(4-8-16)20(26)23-12-18-2-1-11-27-18/h1-11,22H,12-13H2,(H,23,26)(H,24,25). The predicted molar refractivity (Wildman–Crippen MR) is 113 cm³/mol. The number of rotatable bonds is 7. The fourth-order valence-corrected chi connectivity index (χ4v) is 2.70. The summed E-state index contributed by atoms with van der Waals surface area (Å²) in [5.41, 5.74) is 2.05. The van der Waals surface area contributed by atoms with Crippen LogP contribution in [0.15, 0.2) is 71.3 Å². The maximum Gasteiger partial charge on any atom is 0.251 e. The first kappa shape index (κ1) is 19.0. The Morgan fingerprint density at radius 3 is 2.30 bits per heavy atom. The highest BCUT2D eigenvalue weighted by molar-refractivity contribution is 14.1. The van der Waals surface area contributed by atoms with Crippen molar-refractivity contribution in [3.63, 3.8) is 0 Å². The number of hydrogen-bond acceptors (Lipinski definition) is 4. The van der Waals surface area contributed by atoms with Crippen LogP contribution >= 0.6 is 22.6 Å². The van der Waals surface area contributed by atoms with Crippen molar-refractivity contribution in [2.45, 2.75) is 6.54 Å². The first-order chi connectivity index (χ1) is 13.1. The Balaban J connectivity index is 1.46. The van der Waals surface area contributed by atoms with Gasteiger partial charge in [-0.1, -0.05) is 0 Å². The highest BCUT2D eigenvalue weighted by atomic mass is 127. The van der Waals surface area contributed by atoms with Crippen molar-refractivity contribution in [2.24, 2.45) is 0 Å². The van der Waals surface area contributed by atoms with Gasteiger partial charge in [0.2, 0.25) is 5.91 Å². The van der Waals surface area contributed by atoms with E-state index in [9.17, 15) is 9.59 Å². The highest BCUT2D eigenvalue weighted by Crippen LogP contribution is 2.12. The Morgan fingerprint density at radius 1 is 0.926 bits per heavy atom. The Morgan fingerprint density at radius 2 is 1.63 bits per heavy atom. The van der Waals surface area contributed by atoms with E-state index in [1.165, 1.54) is 0 Å². The molecule has 0 saturated heterocycles. The van der Waals surface area contributed by atoms with E-state index in [0.717, 1.165) is 14.9 Å². The van der Waals surface area contributed by atoms with Gasteiger partial charge in [-0.3, -0.25) is 9.59 Å². The van der Waals surface area contributed by atoms with E-state index in [0.29, 0.717) is 17.9 Å². The number of nitrogens with one attached hydrogen (secondary N) is 3. The van der Waals surface area contributed by atoms with Crippen LogP contribution < -0.4 is 16.0 Å². The van der Waals surface area contributed by atoms with Gasteiger partial charge in [-0.2, -0.15) is 0 Å². The minimum absolute atomic E-state index is 0.135. The van der Waals surface area contributed by atoms with Gasteiger partial charge in [0, 0.05) is 20.5 Å². The normalized spacial score (nSPS) is 10.3. The molecule has 0 aliphatic rings. The van der Waals surface area contributed by atoms with Gasteiger partial charge in [-0.15, -0.1) is 0 Å². The van der Waals surface area contributed by atoms with Crippen molar-refractivity contribution < 1.29 is 14.0 Å². The van der Waals surface area contributed by atoms with Crippen molar-refractivity contribution in [1.82, 2.24) is 5.32 Å². The van der Waals surface area contributed by atoms with Crippen LogP contribution in [0.3, 0.4) is 0 Å². The topological polar surface area (TPSA) is 83.4 Å². The summed E-state index contributed by atoms with van der Waals surface area (Å²) in [5.74, 6) is 0.367. The van der Waals surface area contributed by atoms with Crippen LogP contribution in [0.5, 0.6) is 0 Å². The number of benzene rings is 2. The largest absolute Gasteiger partial charge is 0.467 e. The Hall–Kier alpha value is -2.81.